The summed E-state index contributed by atoms with van der Waals surface area (Å²) in [7, 11) is -11.4. The van der Waals surface area contributed by atoms with Crippen molar-refractivity contribution < 1.29 is 55.8 Å². The van der Waals surface area contributed by atoms with Crippen LogP contribution in [0.4, 0.5) is 0 Å². The third-order valence-corrected chi connectivity index (χ3v) is 11.1. The number of ether oxygens (including phenoxy) is 2. The molecule has 226 valence electrons. The van der Waals surface area contributed by atoms with Gasteiger partial charge in [-0.3, -0.25) is 19.2 Å². The number of esters is 1. The molecule has 1 aliphatic rings. The van der Waals surface area contributed by atoms with E-state index in [4.69, 9.17) is 23.8 Å². The van der Waals surface area contributed by atoms with E-state index in [1.54, 1.807) is 24.3 Å². The van der Waals surface area contributed by atoms with Crippen molar-refractivity contribution in [1.82, 2.24) is 9.55 Å². The molecular weight excluding hydrogens is 649 g/mol. The number of nitrogens with one attached hydrogen (secondary N) is 1. The van der Waals surface area contributed by atoms with Gasteiger partial charge in [0, 0.05) is 28.0 Å². The average Bonchev–Trinajstić information content (AvgIpc) is 3.25. The summed E-state index contributed by atoms with van der Waals surface area (Å²) in [6.07, 6.45) is -0.372. The maximum atomic E-state index is 13.2. The highest BCUT2D eigenvalue weighted by molar-refractivity contribution is 8.76. The monoisotopic (exact) mass is 675 g/mol. The molecule has 1 aromatic carbocycles. The van der Waals surface area contributed by atoms with Gasteiger partial charge in [-0.25, -0.2) is 18.7 Å². The number of carbonyl (C=O) groups is 1. The van der Waals surface area contributed by atoms with Crippen LogP contribution in [0.5, 0.6) is 0 Å². The summed E-state index contributed by atoms with van der Waals surface area (Å²) in [6.45, 7) is 2.69. The standard InChI is InChI=1S/C20H25N2O14P3S2/c1-11-9-22(20(25)21-18(11)23)17-8-15(34-19(24)14-7-5-4-6-13(14)12(2)41-40-3)16(33-17)10-32-37(26)35-39(30,31)36-38(27,28)29/h4-7,9,12,15-17H,8,10H2,1-3H3,(H3-,21,23,25,27,28,29,30,31)/p+1/t12?,15?,16-,17-/m1/s1. The Morgan fingerprint density at radius 3 is 2.61 bits per heavy atom. The Morgan fingerprint density at radius 2 is 1.95 bits per heavy atom. The summed E-state index contributed by atoms with van der Waals surface area (Å²) in [5.74, 6) is -0.728. The largest absolute Gasteiger partial charge is 0.708 e. The van der Waals surface area contributed by atoms with E-state index >= 15 is 0 Å². The van der Waals surface area contributed by atoms with E-state index in [2.05, 4.69) is 13.6 Å². The van der Waals surface area contributed by atoms with Crippen LogP contribution >= 0.6 is 45.5 Å². The molecule has 1 fully saturated rings. The molecule has 0 radical (unpaired) electrons. The molecule has 0 bridgehead atoms. The minimum Gasteiger partial charge on any atom is -0.456 e. The number of benzene rings is 1. The van der Waals surface area contributed by atoms with Gasteiger partial charge in [0.05, 0.1) is 5.56 Å². The molecule has 4 unspecified atom stereocenters. The van der Waals surface area contributed by atoms with E-state index in [0.29, 0.717) is 5.56 Å². The minimum atomic E-state index is -5.49. The lowest BCUT2D eigenvalue weighted by molar-refractivity contribution is -0.0479. The molecule has 1 saturated heterocycles. The first-order chi connectivity index (χ1) is 19.1. The molecule has 0 amide bonds. The van der Waals surface area contributed by atoms with Crippen molar-refractivity contribution in [2.24, 2.45) is 0 Å². The molecule has 2 heterocycles. The molecule has 0 spiro atoms. The van der Waals surface area contributed by atoms with Crippen molar-refractivity contribution in [3.05, 3.63) is 68.0 Å². The van der Waals surface area contributed by atoms with Crippen molar-refractivity contribution in [2.45, 2.75) is 44.0 Å². The van der Waals surface area contributed by atoms with E-state index in [9.17, 15) is 33.0 Å². The van der Waals surface area contributed by atoms with Crippen LogP contribution in [0.3, 0.4) is 0 Å². The van der Waals surface area contributed by atoms with Crippen LogP contribution < -0.4 is 11.2 Å². The zero-order chi connectivity index (χ0) is 30.5. The fraction of sp³-hybridized carbons (Fsp3) is 0.450. The highest BCUT2D eigenvalue weighted by Crippen LogP contribution is 2.61. The van der Waals surface area contributed by atoms with Crippen LogP contribution in [0.25, 0.3) is 0 Å². The van der Waals surface area contributed by atoms with Crippen LogP contribution in [0, 0.1) is 6.92 Å². The Hall–Kier alpha value is -1.65. The predicted molar refractivity (Wildman–Crippen MR) is 147 cm³/mol. The number of H-pyrrole nitrogens is 1. The first kappa shape index (κ1) is 33.8. The van der Waals surface area contributed by atoms with Crippen LogP contribution in [-0.4, -0.2) is 55.3 Å². The van der Waals surface area contributed by atoms with Crippen molar-refractivity contribution in [3.8, 4) is 0 Å². The van der Waals surface area contributed by atoms with Gasteiger partial charge in [-0.2, -0.15) is 4.31 Å². The second-order valence-corrected chi connectivity index (χ2v) is 15.2. The van der Waals surface area contributed by atoms with Gasteiger partial charge in [0.15, 0.2) is 0 Å². The molecule has 21 heteroatoms. The Balaban J connectivity index is 1.82. The number of aromatic nitrogens is 2. The quantitative estimate of drug-likeness (QED) is 0.135. The smallest absolute Gasteiger partial charge is 0.456 e. The highest BCUT2D eigenvalue weighted by Gasteiger charge is 2.46. The zero-order valence-electron chi connectivity index (χ0n) is 21.5. The third-order valence-electron chi connectivity index (χ3n) is 5.48. The van der Waals surface area contributed by atoms with Gasteiger partial charge < -0.3 is 19.3 Å². The fourth-order valence-corrected chi connectivity index (χ4v) is 8.14. The summed E-state index contributed by atoms with van der Waals surface area (Å²) >= 11 is 0. The van der Waals surface area contributed by atoms with Gasteiger partial charge in [-0.15, -0.1) is 4.52 Å². The molecule has 2 aromatic rings. The van der Waals surface area contributed by atoms with Gasteiger partial charge in [0.25, 0.3) is 5.56 Å². The normalized spacial score (nSPS) is 21.7. The van der Waals surface area contributed by atoms with E-state index < -0.39 is 66.2 Å². The summed E-state index contributed by atoms with van der Waals surface area (Å²) in [5.41, 5.74) is -0.257. The number of aromatic amines is 1. The molecule has 6 atom stereocenters. The predicted octanol–water partition coefficient (Wildman–Crippen LogP) is 3.33. The number of carbonyl (C=O) groups excluding carboxylic acids is 1. The molecule has 4 N–H and O–H groups in total. The minimum absolute atomic E-state index is 0.0751. The zero-order valence-corrected chi connectivity index (χ0v) is 25.9. The topological polar surface area (TPSA) is 230 Å². The summed E-state index contributed by atoms with van der Waals surface area (Å²) in [6, 6.07) is 6.78. The van der Waals surface area contributed by atoms with Gasteiger partial charge in [-0.1, -0.05) is 39.8 Å². The number of phosphoric acid groups is 2. The number of hydrogen-bond donors (Lipinski definition) is 4. The SMILES string of the molecule is CSSC(C)c1ccccc1C(=O)OC1C[C@H](n2cc(C)c(=O)[nH]c2=O)O[C@@H]1CO[P+](=O)OP(=O)(O)OP(=O)(O)O. The maximum absolute atomic E-state index is 13.2. The van der Waals surface area contributed by atoms with Crippen molar-refractivity contribution in [3.63, 3.8) is 0 Å². The number of hydrogen-bond acceptors (Lipinski definition) is 13. The summed E-state index contributed by atoms with van der Waals surface area (Å²) in [5, 5.41) is -0.0751. The molecule has 41 heavy (non-hydrogen) atoms. The van der Waals surface area contributed by atoms with Crippen LogP contribution in [0.2, 0.25) is 0 Å². The molecule has 0 aliphatic carbocycles. The molecule has 0 saturated carbocycles. The fourth-order valence-electron chi connectivity index (χ4n) is 3.77. The lowest BCUT2D eigenvalue weighted by Crippen LogP contribution is -2.33. The summed E-state index contributed by atoms with van der Waals surface area (Å²) < 4.78 is 59.7. The summed E-state index contributed by atoms with van der Waals surface area (Å²) in [4.78, 5) is 66.4. The van der Waals surface area contributed by atoms with Crippen LogP contribution in [0.1, 0.15) is 46.3 Å². The Kier molecular flexibility index (Phi) is 11.7. The second-order valence-electron chi connectivity index (χ2n) is 8.42. The Morgan fingerprint density at radius 1 is 1.27 bits per heavy atom. The third kappa shape index (κ3) is 9.68. The second kappa shape index (κ2) is 14.2. The van der Waals surface area contributed by atoms with Gasteiger partial charge in [-0.05, 0) is 36.0 Å². The molecule has 3 rings (SSSR count). The Bertz CT molecular complexity index is 1490. The van der Waals surface area contributed by atoms with Crippen LogP contribution in [0.15, 0.2) is 40.1 Å². The van der Waals surface area contributed by atoms with E-state index in [1.165, 1.54) is 34.7 Å². The lowest BCUT2D eigenvalue weighted by atomic mass is 10.0. The average molecular weight is 675 g/mol. The number of nitrogens with zero attached hydrogens (tertiary/aromatic N) is 1. The van der Waals surface area contributed by atoms with Gasteiger partial charge in [0.2, 0.25) is 0 Å². The molecule has 1 aromatic heterocycles. The number of rotatable bonds is 13. The highest BCUT2D eigenvalue weighted by atomic mass is 33.1. The van der Waals surface area contributed by atoms with Crippen molar-refractivity contribution in [1.29, 1.82) is 0 Å². The van der Waals surface area contributed by atoms with Gasteiger partial charge >= 0.3 is 35.6 Å². The van der Waals surface area contributed by atoms with E-state index in [-0.39, 0.29) is 22.8 Å². The van der Waals surface area contributed by atoms with E-state index in [1.807, 2.05) is 13.2 Å². The van der Waals surface area contributed by atoms with E-state index in [0.717, 1.165) is 4.57 Å². The maximum Gasteiger partial charge on any atom is 0.708 e. The van der Waals surface area contributed by atoms with Crippen LogP contribution in [-0.2, 0) is 36.3 Å². The van der Waals surface area contributed by atoms with Crippen molar-refractivity contribution >= 4 is 51.5 Å². The lowest BCUT2D eigenvalue weighted by Gasteiger charge is -2.19. The molecular formula is C20H26N2O14P3S2+. The van der Waals surface area contributed by atoms with Crippen molar-refractivity contribution in [2.75, 3.05) is 12.9 Å². The Labute approximate surface area is 241 Å². The van der Waals surface area contributed by atoms with Gasteiger partial charge in [0.1, 0.15) is 25.0 Å². The molecule has 1 aliphatic heterocycles. The number of aryl methyl sites for hydroxylation is 1. The molecule has 16 nitrogen and oxygen atoms in total. The first-order valence-corrected chi connectivity index (χ1v) is 18.2. The first-order valence-electron chi connectivity index (χ1n) is 11.5.